The van der Waals surface area contributed by atoms with E-state index in [0.717, 1.165) is 34.9 Å². The quantitative estimate of drug-likeness (QED) is 0.907. The molecule has 2 amide bonds. The Labute approximate surface area is 143 Å². The molecule has 2 aromatic rings. The Morgan fingerprint density at radius 1 is 1.42 bits per heavy atom. The van der Waals surface area contributed by atoms with Crippen molar-refractivity contribution in [1.29, 1.82) is 0 Å². The summed E-state index contributed by atoms with van der Waals surface area (Å²) in [4.78, 5) is 27.3. The second-order valence-electron chi connectivity index (χ2n) is 6.07. The number of anilines is 1. The van der Waals surface area contributed by atoms with Gasteiger partial charge in [0, 0.05) is 23.1 Å². The third-order valence-electron chi connectivity index (χ3n) is 4.36. The van der Waals surface area contributed by atoms with Crippen molar-refractivity contribution >= 4 is 29.3 Å². The number of carbonyl (C=O) groups is 2. The van der Waals surface area contributed by atoms with E-state index in [9.17, 15) is 9.59 Å². The van der Waals surface area contributed by atoms with Crippen molar-refractivity contribution in [1.82, 2.24) is 10.1 Å². The van der Waals surface area contributed by atoms with E-state index in [4.69, 9.17) is 4.52 Å². The summed E-state index contributed by atoms with van der Waals surface area (Å²) in [6.45, 7) is 2.55. The van der Waals surface area contributed by atoms with E-state index in [0.29, 0.717) is 17.9 Å². The van der Waals surface area contributed by atoms with Gasteiger partial charge in [-0.05, 0) is 38.0 Å². The van der Waals surface area contributed by atoms with E-state index in [1.54, 1.807) is 6.07 Å². The smallest absolute Gasteiger partial charge is 0.254 e. The Hall–Kier alpha value is -2.28. The largest absolute Gasteiger partial charge is 0.361 e. The predicted octanol–water partition coefficient (Wildman–Crippen LogP) is 3.00. The van der Waals surface area contributed by atoms with Gasteiger partial charge in [0.05, 0.1) is 17.5 Å². The molecule has 0 bridgehead atoms. The molecule has 1 aromatic heterocycles. The van der Waals surface area contributed by atoms with E-state index < -0.39 is 0 Å². The number of aromatic nitrogens is 1. The van der Waals surface area contributed by atoms with Crippen LogP contribution in [0.5, 0.6) is 0 Å². The number of rotatable bonds is 2. The molecule has 4 rings (SSSR count). The summed E-state index contributed by atoms with van der Waals surface area (Å²) in [5, 5.41) is 6.91. The molecule has 0 unspecified atom stereocenters. The van der Waals surface area contributed by atoms with Crippen LogP contribution in [0.3, 0.4) is 0 Å². The first-order chi connectivity index (χ1) is 11.6. The van der Waals surface area contributed by atoms with Gasteiger partial charge in [0.2, 0.25) is 5.91 Å². The van der Waals surface area contributed by atoms with Gasteiger partial charge in [0.1, 0.15) is 11.5 Å². The third kappa shape index (κ3) is 2.69. The fraction of sp³-hybridized carbons (Fsp3) is 0.353. The van der Waals surface area contributed by atoms with Crippen molar-refractivity contribution in [2.24, 2.45) is 0 Å². The Balaban J connectivity index is 1.61. The summed E-state index contributed by atoms with van der Waals surface area (Å²) in [5.74, 6) is 1.10. The highest BCUT2D eigenvalue weighted by molar-refractivity contribution is 8.00. The van der Waals surface area contributed by atoms with Crippen LogP contribution in [-0.4, -0.2) is 34.2 Å². The minimum atomic E-state index is -0.0463. The molecule has 0 saturated carbocycles. The highest BCUT2D eigenvalue weighted by atomic mass is 32.2. The number of hydrogen-bond donors (Lipinski definition) is 1. The van der Waals surface area contributed by atoms with Crippen molar-refractivity contribution in [3.63, 3.8) is 0 Å². The van der Waals surface area contributed by atoms with Crippen LogP contribution in [0.25, 0.3) is 0 Å². The van der Waals surface area contributed by atoms with Crippen LogP contribution in [0.15, 0.2) is 33.7 Å². The van der Waals surface area contributed by atoms with E-state index in [-0.39, 0.29) is 17.9 Å². The van der Waals surface area contributed by atoms with Gasteiger partial charge in [0.25, 0.3) is 5.91 Å². The van der Waals surface area contributed by atoms with Gasteiger partial charge < -0.3 is 14.7 Å². The van der Waals surface area contributed by atoms with Gasteiger partial charge >= 0.3 is 0 Å². The Morgan fingerprint density at radius 2 is 2.29 bits per heavy atom. The second-order valence-corrected chi connectivity index (χ2v) is 7.08. The van der Waals surface area contributed by atoms with Gasteiger partial charge in [-0.1, -0.05) is 5.16 Å². The molecule has 1 saturated heterocycles. The molecule has 2 aliphatic heterocycles. The molecule has 0 radical (unpaired) electrons. The molecule has 24 heavy (non-hydrogen) atoms. The van der Waals surface area contributed by atoms with Crippen LogP contribution in [-0.2, 0) is 4.79 Å². The lowest BCUT2D eigenvalue weighted by Gasteiger charge is -2.24. The monoisotopic (exact) mass is 343 g/mol. The first-order valence-electron chi connectivity index (χ1n) is 7.93. The zero-order valence-electron chi connectivity index (χ0n) is 13.2. The Kier molecular flexibility index (Phi) is 3.80. The number of fused-ring (bicyclic) bond motifs is 1. The van der Waals surface area contributed by atoms with Gasteiger partial charge in [0.15, 0.2) is 0 Å². The molecule has 1 fully saturated rings. The van der Waals surface area contributed by atoms with Crippen LogP contribution in [0.2, 0.25) is 0 Å². The molecule has 6 nitrogen and oxygen atoms in total. The fourth-order valence-corrected chi connectivity index (χ4v) is 4.03. The summed E-state index contributed by atoms with van der Waals surface area (Å²) >= 11 is 1.49. The maximum atomic E-state index is 13.0. The van der Waals surface area contributed by atoms with Crippen LogP contribution in [0.4, 0.5) is 5.69 Å². The van der Waals surface area contributed by atoms with Crippen LogP contribution in [0, 0.1) is 6.92 Å². The number of nitrogens with one attached hydrogen (secondary N) is 1. The lowest BCUT2D eigenvalue weighted by molar-refractivity contribution is -0.113. The van der Waals surface area contributed by atoms with Crippen LogP contribution >= 0.6 is 11.8 Å². The number of thioether (sulfide) groups is 1. The summed E-state index contributed by atoms with van der Waals surface area (Å²) in [6.07, 6.45) is 1.83. The second kappa shape index (κ2) is 5.98. The molecule has 1 aromatic carbocycles. The number of amides is 2. The molecule has 2 aliphatic rings. The first kappa shape index (κ1) is 15.3. The molecule has 1 N–H and O–H groups in total. The molecule has 1 atom stereocenters. The molecular weight excluding hydrogens is 326 g/mol. The fourth-order valence-electron chi connectivity index (χ4n) is 3.24. The predicted molar refractivity (Wildman–Crippen MR) is 90.0 cm³/mol. The molecular formula is C17H17N3O3S. The lowest BCUT2D eigenvalue weighted by Crippen LogP contribution is -2.31. The third-order valence-corrected chi connectivity index (χ3v) is 5.43. The zero-order chi connectivity index (χ0) is 16.7. The number of benzene rings is 1. The summed E-state index contributed by atoms with van der Waals surface area (Å²) in [7, 11) is 0. The minimum Gasteiger partial charge on any atom is -0.361 e. The standard InChI is InChI=1S/C17H17N3O3S/c1-10-7-12(19-23-10)14-3-2-6-20(14)17(22)11-4-5-15-13(8-11)18-16(21)9-24-15/h4-5,7-8,14H,2-3,6,9H2,1H3,(H,18,21)/t14-/m1/s1. The van der Waals surface area contributed by atoms with Crippen molar-refractivity contribution < 1.29 is 14.1 Å². The Bertz CT molecular complexity index is 817. The number of likely N-dealkylation sites (tertiary alicyclic amines) is 1. The normalized spacial score (nSPS) is 20.0. The van der Waals surface area contributed by atoms with Gasteiger partial charge in [-0.15, -0.1) is 11.8 Å². The SMILES string of the molecule is Cc1cc([C@H]2CCCN2C(=O)c2ccc3c(c2)NC(=O)CS3)no1. The van der Waals surface area contributed by atoms with E-state index in [1.165, 1.54) is 11.8 Å². The number of hydrogen-bond acceptors (Lipinski definition) is 5. The van der Waals surface area contributed by atoms with E-state index >= 15 is 0 Å². The molecule has 0 spiro atoms. The van der Waals surface area contributed by atoms with Crippen molar-refractivity contribution in [3.05, 3.63) is 41.3 Å². The number of aryl methyl sites for hydroxylation is 1. The van der Waals surface area contributed by atoms with E-state index in [2.05, 4.69) is 10.5 Å². The molecule has 3 heterocycles. The molecule has 0 aliphatic carbocycles. The van der Waals surface area contributed by atoms with Crippen molar-refractivity contribution in [2.45, 2.75) is 30.7 Å². The maximum Gasteiger partial charge on any atom is 0.254 e. The first-order valence-corrected chi connectivity index (χ1v) is 8.91. The highest BCUT2D eigenvalue weighted by Gasteiger charge is 2.33. The summed E-state index contributed by atoms with van der Waals surface area (Å²) in [5.41, 5.74) is 2.11. The maximum absolute atomic E-state index is 13.0. The van der Waals surface area contributed by atoms with Crippen molar-refractivity contribution in [2.75, 3.05) is 17.6 Å². The molecule has 124 valence electrons. The van der Waals surface area contributed by atoms with Crippen LogP contribution in [0.1, 0.15) is 40.7 Å². The average molecular weight is 343 g/mol. The highest BCUT2D eigenvalue weighted by Crippen LogP contribution is 2.35. The Morgan fingerprint density at radius 3 is 3.08 bits per heavy atom. The average Bonchev–Trinajstić information content (AvgIpc) is 3.22. The van der Waals surface area contributed by atoms with Gasteiger partial charge in [-0.2, -0.15) is 0 Å². The van der Waals surface area contributed by atoms with E-state index in [1.807, 2.05) is 30.0 Å². The summed E-state index contributed by atoms with van der Waals surface area (Å²) in [6, 6.07) is 7.34. The van der Waals surface area contributed by atoms with Crippen LogP contribution < -0.4 is 5.32 Å². The zero-order valence-corrected chi connectivity index (χ0v) is 14.1. The van der Waals surface area contributed by atoms with Crippen molar-refractivity contribution in [3.8, 4) is 0 Å². The number of carbonyl (C=O) groups excluding carboxylic acids is 2. The lowest BCUT2D eigenvalue weighted by atomic mass is 10.1. The molecule has 7 heteroatoms. The van der Waals surface area contributed by atoms with Gasteiger partial charge in [-0.3, -0.25) is 9.59 Å². The van der Waals surface area contributed by atoms with Gasteiger partial charge in [-0.25, -0.2) is 0 Å². The summed E-state index contributed by atoms with van der Waals surface area (Å²) < 4.78 is 5.16. The minimum absolute atomic E-state index is 0.0331. The number of nitrogens with zero attached hydrogens (tertiary/aromatic N) is 2. The topological polar surface area (TPSA) is 75.4 Å².